The minimum absolute atomic E-state index is 0.869. The van der Waals surface area contributed by atoms with Crippen LogP contribution >= 0.6 is 0 Å². The highest BCUT2D eigenvalue weighted by atomic mass is 16.5. The molecule has 1 saturated heterocycles. The van der Waals surface area contributed by atoms with E-state index >= 15 is 0 Å². The summed E-state index contributed by atoms with van der Waals surface area (Å²) in [7, 11) is 0. The average molecular weight is 290 g/mol. The molecule has 0 N–H and O–H groups in total. The molecule has 0 saturated carbocycles. The molecule has 0 atom stereocenters. The molecular weight excluding hydrogens is 268 g/mol. The molecule has 0 unspecified atom stereocenters. The van der Waals surface area contributed by atoms with Crippen molar-refractivity contribution in [1.82, 2.24) is 20.1 Å². The Hall–Kier alpha value is -1.66. The molecule has 21 heavy (non-hydrogen) atoms. The van der Waals surface area contributed by atoms with Gasteiger partial charge in [-0.1, -0.05) is 10.3 Å². The molecule has 1 aliphatic rings. The topological polar surface area (TPSA) is 58.5 Å². The zero-order chi connectivity index (χ0) is 14.7. The van der Waals surface area contributed by atoms with Crippen molar-refractivity contribution in [3.63, 3.8) is 0 Å². The van der Waals surface area contributed by atoms with E-state index in [-0.39, 0.29) is 0 Å². The van der Waals surface area contributed by atoms with E-state index in [0.717, 1.165) is 68.6 Å². The monoisotopic (exact) mass is 290 g/mol. The molecular formula is C15H22N4O2. The quantitative estimate of drug-likeness (QED) is 0.858. The van der Waals surface area contributed by atoms with Crippen LogP contribution in [0.2, 0.25) is 0 Å². The van der Waals surface area contributed by atoms with Crippen LogP contribution in [0, 0.1) is 13.8 Å². The van der Waals surface area contributed by atoms with Crippen LogP contribution in [0.3, 0.4) is 0 Å². The van der Waals surface area contributed by atoms with E-state index < -0.39 is 0 Å². The van der Waals surface area contributed by atoms with Crippen molar-refractivity contribution < 1.29 is 9.05 Å². The van der Waals surface area contributed by atoms with Crippen LogP contribution in [0.4, 0.5) is 0 Å². The molecule has 0 amide bonds. The third kappa shape index (κ3) is 3.92. The number of nitrogens with zero attached hydrogens (tertiary/aromatic N) is 4. The third-order valence-electron chi connectivity index (χ3n) is 3.81. The zero-order valence-electron chi connectivity index (χ0n) is 12.7. The van der Waals surface area contributed by atoms with Crippen molar-refractivity contribution in [2.75, 3.05) is 26.2 Å². The van der Waals surface area contributed by atoms with Gasteiger partial charge in [0.25, 0.3) is 0 Å². The van der Waals surface area contributed by atoms with Gasteiger partial charge in [-0.25, -0.2) is 0 Å². The fraction of sp³-hybridized carbons (Fsp3) is 0.600. The second-order valence-electron chi connectivity index (χ2n) is 5.76. The van der Waals surface area contributed by atoms with E-state index in [1.165, 1.54) is 0 Å². The van der Waals surface area contributed by atoms with Gasteiger partial charge in [0, 0.05) is 38.3 Å². The van der Waals surface area contributed by atoms with Gasteiger partial charge in [-0.3, -0.25) is 9.80 Å². The van der Waals surface area contributed by atoms with Crippen molar-refractivity contribution >= 4 is 0 Å². The Kier molecular flexibility index (Phi) is 4.36. The van der Waals surface area contributed by atoms with Gasteiger partial charge in [0.2, 0.25) is 0 Å². The molecule has 0 aromatic carbocycles. The summed E-state index contributed by atoms with van der Waals surface area (Å²) in [5.41, 5.74) is 2.04. The number of hydrogen-bond acceptors (Lipinski definition) is 6. The Bertz CT molecular complexity index is 527. The third-order valence-corrected chi connectivity index (χ3v) is 3.81. The van der Waals surface area contributed by atoms with Gasteiger partial charge in [-0.15, -0.1) is 0 Å². The summed E-state index contributed by atoms with van der Waals surface area (Å²) in [5.74, 6) is 1.76. The highest BCUT2D eigenvalue weighted by Crippen LogP contribution is 2.12. The maximum Gasteiger partial charge on any atom is 0.133 e. The maximum absolute atomic E-state index is 5.13. The lowest BCUT2D eigenvalue weighted by atomic mass is 10.3. The summed E-state index contributed by atoms with van der Waals surface area (Å²) >= 11 is 0. The van der Waals surface area contributed by atoms with Gasteiger partial charge in [0.05, 0.1) is 11.4 Å². The predicted octanol–water partition coefficient (Wildman–Crippen LogP) is 1.99. The Morgan fingerprint density at radius 2 is 1.33 bits per heavy atom. The molecule has 0 bridgehead atoms. The summed E-state index contributed by atoms with van der Waals surface area (Å²) in [4.78, 5) is 4.87. The van der Waals surface area contributed by atoms with E-state index in [2.05, 4.69) is 20.1 Å². The Labute approximate surface area is 124 Å². The largest absolute Gasteiger partial charge is 0.361 e. The van der Waals surface area contributed by atoms with Gasteiger partial charge in [-0.2, -0.15) is 0 Å². The predicted molar refractivity (Wildman–Crippen MR) is 77.7 cm³/mol. The van der Waals surface area contributed by atoms with E-state index in [1.54, 1.807) is 0 Å². The van der Waals surface area contributed by atoms with Crippen LogP contribution in [-0.4, -0.2) is 46.3 Å². The Morgan fingerprint density at radius 3 is 1.71 bits per heavy atom. The Balaban J connectivity index is 1.51. The molecule has 3 heterocycles. The van der Waals surface area contributed by atoms with E-state index in [9.17, 15) is 0 Å². The molecule has 2 aromatic heterocycles. The van der Waals surface area contributed by atoms with Gasteiger partial charge in [0.1, 0.15) is 11.5 Å². The fourth-order valence-corrected chi connectivity index (χ4v) is 2.78. The normalized spacial score (nSPS) is 18.0. The van der Waals surface area contributed by atoms with Crippen molar-refractivity contribution in [2.45, 2.75) is 33.4 Å². The fourth-order valence-electron chi connectivity index (χ4n) is 2.78. The first-order chi connectivity index (χ1) is 10.2. The zero-order valence-corrected chi connectivity index (χ0v) is 12.7. The van der Waals surface area contributed by atoms with E-state index in [4.69, 9.17) is 9.05 Å². The molecule has 2 aromatic rings. The molecule has 6 heteroatoms. The minimum atomic E-state index is 0.869. The summed E-state index contributed by atoms with van der Waals surface area (Å²) in [6, 6.07) is 4.03. The molecule has 1 fully saturated rings. The van der Waals surface area contributed by atoms with Gasteiger partial charge in [0.15, 0.2) is 0 Å². The number of rotatable bonds is 4. The van der Waals surface area contributed by atoms with Gasteiger partial charge >= 0.3 is 0 Å². The highest BCUT2D eigenvalue weighted by molar-refractivity contribution is 5.04. The van der Waals surface area contributed by atoms with Crippen LogP contribution in [0.1, 0.15) is 29.3 Å². The van der Waals surface area contributed by atoms with E-state index in [0.29, 0.717) is 0 Å². The molecule has 6 nitrogen and oxygen atoms in total. The van der Waals surface area contributed by atoms with Crippen LogP contribution in [-0.2, 0) is 13.1 Å². The molecule has 0 spiro atoms. The maximum atomic E-state index is 5.13. The SMILES string of the molecule is Cc1cc(CN2CCCN(Cc3cc(C)on3)CC2)no1. The first kappa shape index (κ1) is 14.3. The van der Waals surface area contributed by atoms with Crippen molar-refractivity contribution in [3.05, 3.63) is 35.0 Å². The molecule has 0 aliphatic carbocycles. The smallest absolute Gasteiger partial charge is 0.133 e. The number of hydrogen-bond donors (Lipinski definition) is 0. The Morgan fingerprint density at radius 1 is 0.857 bits per heavy atom. The molecule has 114 valence electrons. The summed E-state index contributed by atoms with van der Waals surface area (Å²) in [6.07, 6.45) is 1.16. The summed E-state index contributed by atoms with van der Waals surface area (Å²) in [6.45, 7) is 9.88. The lowest BCUT2D eigenvalue weighted by molar-refractivity contribution is 0.238. The van der Waals surface area contributed by atoms with Gasteiger partial charge < -0.3 is 9.05 Å². The van der Waals surface area contributed by atoms with Crippen LogP contribution < -0.4 is 0 Å². The van der Waals surface area contributed by atoms with Gasteiger partial charge in [-0.05, 0) is 33.4 Å². The van der Waals surface area contributed by atoms with E-state index in [1.807, 2.05) is 26.0 Å². The lowest BCUT2D eigenvalue weighted by Crippen LogP contribution is -2.30. The summed E-state index contributed by atoms with van der Waals surface area (Å²) < 4.78 is 10.3. The summed E-state index contributed by atoms with van der Waals surface area (Å²) in [5, 5.41) is 8.15. The molecule has 1 aliphatic heterocycles. The number of aryl methyl sites for hydroxylation is 2. The second-order valence-corrected chi connectivity index (χ2v) is 5.76. The lowest BCUT2D eigenvalue weighted by Gasteiger charge is -2.20. The van der Waals surface area contributed by atoms with Crippen LogP contribution in [0.5, 0.6) is 0 Å². The van der Waals surface area contributed by atoms with Crippen LogP contribution in [0.15, 0.2) is 21.2 Å². The first-order valence-corrected chi connectivity index (χ1v) is 7.48. The van der Waals surface area contributed by atoms with Crippen molar-refractivity contribution in [1.29, 1.82) is 0 Å². The first-order valence-electron chi connectivity index (χ1n) is 7.48. The average Bonchev–Trinajstić information content (AvgIpc) is 2.96. The minimum Gasteiger partial charge on any atom is -0.361 e. The highest BCUT2D eigenvalue weighted by Gasteiger charge is 2.17. The molecule has 3 rings (SSSR count). The van der Waals surface area contributed by atoms with Crippen molar-refractivity contribution in [2.24, 2.45) is 0 Å². The van der Waals surface area contributed by atoms with Crippen LogP contribution in [0.25, 0.3) is 0 Å². The van der Waals surface area contributed by atoms with Crippen molar-refractivity contribution in [3.8, 4) is 0 Å². The molecule has 0 radical (unpaired) electrons. The second kappa shape index (κ2) is 6.41. The number of aromatic nitrogens is 2. The standard InChI is InChI=1S/C15H22N4O2/c1-12-8-14(16-20-12)10-18-4-3-5-19(7-6-18)11-15-9-13(2)21-17-15/h8-9H,3-7,10-11H2,1-2H3.